The van der Waals surface area contributed by atoms with Gasteiger partial charge in [-0.25, -0.2) is 9.97 Å². The standard InChI is InChI=1S/C15H25N3O/c1-4-5-12-10-13(16)18-14(17-12)15(19-3)8-6-11(2)7-9-15/h10-11H,4-9H2,1-3H3,(H2,16,17,18). The Morgan fingerprint density at radius 1 is 1.37 bits per heavy atom. The van der Waals surface area contributed by atoms with Gasteiger partial charge in [-0.3, -0.25) is 0 Å². The van der Waals surface area contributed by atoms with Crippen molar-refractivity contribution in [1.29, 1.82) is 0 Å². The van der Waals surface area contributed by atoms with Gasteiger partial charge in [0.1, 0.15) is 11.4 Å². The lowest BCUT2D eigenvalue weighted by Crippen LogP contribution is -2.35. The number of nitrogen functional groups attached to an aromatic ring is 1. The van der Waals surface area contributed by atoms with Gasteiger partial charge in [0, 0.05) is 18.9 Å². The van der Waals surface area contributed by atoms with Gasteiger partial charge in [0.25, 0.3) is 0 Å². The van der Waals surface area contributed by atoms with Crippen LogP contribution in [-0.2, 0) is 16.8 Å². The van der Waals surface area contributed by atoms with E-state index in [1.54, 1.807) is 7.11 Å². The van der Waals surface area contributed by atoms with Crippen LogP contribution in [0.1, 0.15) is 57.5 Å². The largest absolute Gasteiger partial charge is 0.384 e. The quantitative estimate of drug-likeness (QED) is 0.907. The SMILES string of the molecule is CCCc1cc(N)nc(C2(OC)CCC(C)CC2)n1. The van der Waals surface area contributed by atoms with E-state index in [9.17, 15) is 0 Å². The van der Waals surface area contributed by atoms with Crippen LogP contribution < -0.4 is 5.73 Å². The summed E-state index contributed by atoms with van der Waals surface area (Å²) in [4.78, 5) is 9.15. The summed E-state index contributed by atoms with van der Waals surface area (Å²) in [6, 6.07) is 1.88. The van der Waals surface area contributed by atoms with Crippen LogP contribution in [0, 0.1) is 5.92 Å². The summed E-state index contributed by atoms with van der Waals surface area (Å²) in [5, 5.41) is 0. The molecule has 0 unspecified atom stereocenters. The number of hydrogen-bond acceptors (Lipinski definition) is 4. The summed E-state index contributed by atoms with van der Waals surface area (Å²) in [5.74, 6) is 2.10. The summed E-state index contributed by atoms with van der Waals surface area (Å²) >= 11 is 0. The molecule has 0 aromatic carbocycles. The van der Waals surface area contributed by atoms with E-state index in [0.29, 0.717) is 5.82 Å². The van der Waals surface area contributed by atoms with Crippen molar-refractivity contribution in [3.05, 3.63) is 17.6 Å². The number of anilines is 1. The number of hydrogen-bond donors (Lipinski definition) is 1. The summed E-state index contributed by atoms with van der Waals surface area (Å²) in [7, 11) is 1.77. The lowest BCUT2D eigenvalue weighted by molar-refractivity contribution is -0.0597. The molecule has 1 heterocycles. The molecule has 0 bridgehead atoms. The lowest BCUT2D eigenvalue weighted by atomic mass is 9.79. The zero-order valence-corrected chi connectivity index (χ0v) is 12.3. The second kappa shape index (κ2) is 5.87. The fourth-order valence-electron chi connectivity index (χ4n) is 2.85. The highest BCUT2D eigenvalue weighted by Gasteiger charge is 2.38. The van der Waals surface area contributed by atoms with E-state index in [1.807, 2.05) is 6.07 Å². The third-order valence-electron chi connectivity index (χ3n) is 4.19. The third-order valence-corrected chi connectivity index (χ3v) is 4.19. The van der Waals surface area contributed by atoms with Crippen LogP contribution >= 0.6 is 0 Å². The van der Waals surface area contributed by atoms with E-state index in [0.717, 1.165) is 56.0 Å². The van der Waals surface area contributed by atoms with Gasteiger partial charge in [-0.05, 0) is 38.0 Å². The van der Waals surface area contributed by atoms with Crippen LogP contribution in [0.25, 0.3) is 0 Å². The van der Waals surface area contributed by atoms with Crippen LogP contribution in [0.5, 0.6) is 0 Å². The molecular formula is C15H25N3O. The smallest absolute Gasteiger partial charge is 0.162 e. The summed E-state index contributed by atoms with van der Waals surface area (Å²) in [5.41, 5.74) is 6.63. The molecule has 1 aliphatic carbocycles. The Morgan fingerprint density at radius 2 is 2.05 bits per heavy atom. The Kier molecular flexibility index (Phi) is 4.40. The second-order valence-electron chi connectivity index (χ2n) is 5.74. The highest BCUT2D eigenvalue weighted by atomic mass is 16.5. The van der Waals surface area contributed by atoms with Gasteiger partial charge in [0.2, 0.25) is 0 Å². The molecule has 2 N–H and O–H groups in total. The lowest BCUT2D eigenvalue weighted by Gasteiger charge is -2.37. The van der Waals surface area contributed by atoms with Gasteiger partial charge < -0.3 is 10.5 Å². The minimum Gasteiger partial charge on any atom is -0.384 e. The van der Waals surface area contributed by atoms with Gasteiger partial charge in [0.15, 0.2) is 5.82 Å². The number of ether oxygens (including phenoxy) is 1. The van der Waals surface area contributed by atoms with E-state index in [2.05, 4.69) is 18.8 Å². The zero-order valence-electron chi connectivity index (χ0n) is 12.3. The monoisotopic (exact) mass is 263 g/mol. The number of aromatic nitrogens is 2. The van der Waals surface area contributed by atoms with Crippen LogP contribution in [0.3, 0.4) is 0 Å². The predicted octanol–water partition coefficient (Wildman–Crippen LogP) is 3.06. The van der Waals surface area contributed by atoms with Crippen molar-refractivity contribution in [2.75, 3.05) is 12.8 Å². The van der Waals surface area contributed by atoms with Crippen LogP contribution in [0.4, 0.5) is 5.82 Å². The fourth-order valence-corrected chi connectivity index (χ4v) is 2.85. The molecule has 106 valence electrons. The molecular weight excluding hydrogens is 238 g/mol. The average molecular weight is 263 g/mol. The highest BCUT2D eigenvalue weighted by Crippen LogP contribution is 2.40. The van der Waals surface area contributed by atoms with E-state index >= 15 is 0 Å². The number of rotatable bonds is 4. The third kappa shape index (κ3) is 3.06. The molecule has 0 amide bonds. The van der Waals surface area contributed by atoms with E-state index in [-0.39, 0.29) is 5.60 Å². The van der Waals surface area contributed by atoms with Crippen molar-refractivity contribution in [2.24, 2.45) is 5.92 Å². The molecule has 1 saturated carbocycles. The molecule has 1 fully saturated rings. The zero-order chi connectivity index (χ0) is 13.9. The molecule has 0 aliphatic heterocycles. The molecule has 0 spiro atoms. The maximum absolute atomic E-state index is 5.93. The van der Waals surface area contributed by atoms with E-state index in [4.69, 9.17) is 15.5 Å². The number of nitrogens with zero attached hydrogens (tertiary/aromatic N) is 2. The predicted molar refractivity (Wildman–Crippen MR) is 76.8 cm³/mol. The van der Waals surface area contributed by atoms with Crippen LogP contribution in [0.2, 0.25) is 0 Å². The fraction of sp³-hybridized carbons (Fsp3) is 0.733. The second-order valence-corrected chi connectivity index (χ2v) is 5.74. The summed E-state index contributed by atoms with van der Waals surface area (Å²) in [6.45, 7) is 4.44. The Balaban J connectivity index is 2.32. The Bertz CT molecular complexity index is 425. The van der Waals surface area contributed by atoms with Gasteiger partial charge in [-0.15, -0.1) is 0 Å². The molecule has 0 atom stereocenters. The molecule has 4 heteroatoms. The van der Waals surface area contributed by atoms with E-state index in [1.165, 1.54) is 0 Å². The normalized spacial score (nSPS) is 27.4. The Hall–Kier alpha value is -1.16. The van der Waals surface area contributed by atoms with Gasteiger partial charge in [0.05, 0.1) is 0 Å². The van der Waals surface area contributed by atoms with Crippen molar-refractivity contribution >= 4 is 5.82 Å². The van der Waals surface area contributed by atoms with Crippen molar-refractivity contribution < 1.29 is 4.74 Å². The first-order valence-electron chi connectivity index (χ1n) is 7.28. The molecule has 0 radical (unpaired) electrons. The van der Waals surface area contributed by atoms with Crippen LogP contribution in [0.15, 0.2) is 6.07 Å². The van der Waals surface area contributed by atoms with Gasteiger partial charge >= 0.3 is 0 Å². The number of aryl methyl sites for hydroxylation is 1. The highest BCUT2D eigenvalue weighted by molar-refractivity contribution is 5.31. The Morgan fingerprint density at radius 3 is 2.63 bits per heavy atom. The molecule has 1 aromatic heterocycles. The van der Waals surface area contributed by atoms with Gasteiger partial charge in [-0.1, -0.05) is 20.3 Å². The van der Waals surface area contributed by atoms with Crippen molar-refractivity contribution in [2.45, 2.75) is 58.0 Å². The van der Waals surface area contributed by atoms with Gasteiger partial charge in [-0.2, -0.15) is 0 Å². The molecule has 0 saturated heterocycles. The Labute approximate surface area is 115 Å². The first-order chi connectivity index (χ1) is 9.09. The first kappa shape index (κ1) is 14.3. The van der Waals surface area contributed by atoms with Crippen molar-refractivity contribution in [1.82, 2.24) is 9.97 Å². The number of nitrogens with two attached hydrogens (primary N) is 1. The molecule has 1 aliphatic rings. The number of methoxy groups -OCH3 is 1. The molecule has 1 aromatic rings. The average Bonchev–Trinajstić information content (AvgIpc) is 2.40. The minimum absolute atomic E-state index is 0.329. The summed E-state index contributed by atoms with van der Waals surface area (Å²) < 4.78 is 5.82. The van der Waals surface area contributed by atoms with Crippen LogP contribution in [-0.4, -0.2) is 17.1 Å². The van der Waals surface area contributed by atoms with E-state index < -0.39 is 0 Å². The minimum atomic E-state index is -0.329. The topological polar surface area (TPSA) is 61.0 Å². The maximum atomic E-state index is 5.93. The first-order valence-corrected chi connectivity index (χ1v) is 7.28. The summed E-state index contributed by atoms with van der Waals surface area (Å²) in [6.07, 6.45) is 6.30. The maximum Gasteiger partial charge on any atom is 0.162 e. The van der Waals surface area contributed by atoms with Crippen molar-refractivity contribution in [3.63, 3.8) is 0 Å². The van der Waals surface area contributed by atoms with Crippen molar-refractivity contribution in [3.8, 4) is 0 Å². The molecule has 19 heavy (non-hydrogen) atoms. The molecule has 4 nitrogen and oxygen atoms in total. The molecule has 2 rings (SSSR count).